The maximum Gasteiger partial charge on any atom is 0.132 e. The third kappa shape index (κ3) is 2.35. The van der Waals surface area contributed by atoms with Crippen molar-refractivity contribution in [1.29, 1.82) is 0 Å². The third-order valence-corrected chi connectivity index (χ3v) is 6.31. The Balaban J connectivity index is 1.73. The van der Waals surface area contributed by atoms with Crippen LogP contribution in [-0.4, -0.2) is 14.1 Å². The highest BCUT2D eigenvalue weighted by atomic mass is 15.5. The first-order valence-corrected chi connectivity index (χ1v) is 10.1. The molecule has 2 bridgehead atoms. The number of benzene rings is 3. The average Bonchev–Trinajstić information content (AvgIpc) is 2.73. The van der Waals surface area contributed by atoms with E-state index < -0.39 is 0 Å². The van der Waals surface area contributed by atoms with Gasteiger partial charge >= 0.3 is 0 Å². The molecule has 2 unspecified atom stereocenters. The second-order valence-electron chi connectivity index (χ2n) is 8.24. The van der Waals surface area contributed by atoms with Crippen LogP contribution in [0.2, 0.25) is 0 Å². The lowest BCUT2D eigenvalue weighted by atomic mass is 9.92. The molecule has 3 heteroatoms. The van der Waals surface area contributed by atoms with Crippen LogP contribution in [0.4, 0.5) is 17.1 Å². The number of hydrogen-bond acceptors (Lipinski definition) is 3. The zero-order valence-corrected chi connectivity index (χ0v) is 17.0. The van der Waals surface area contributed by atoms with Crippen LogP contribution < -0.4 is 14.7 Å². The van der Waals surface area contributed by atoms with Crippen molar-refractivity contribution in [1.82, 2.24) is 0 Å². The topological polar surface area (TPSA) is 9.72 Å². The van der Waals surface area contributed by atoms with Crippen molar-refractivity contribution in [3.63, 3.8) is 0 Å². The van der Waals surface area contributed by atoms with E-state index in [1.165, 1.54) is 33.8 Å². The van der Waals surface area contributed by atoms with Crippen molar-refractivity contribution in [2.45, 2.75) is 32.1 Å². The number of para-hydroxylation sites is 2. The molecule has 0 saturated heterocycles. The van der Waals surface area contributed by atoms with E-state index in [-0.39, 0.29) is 12.3 Å². The van der Waals surface area contributed by atoms with Gasteiger partial charge in [-0.1, -0.05) is 62.4 Å². The predicted octanol–water partition coefficient (Wildman–Crippen LogP) is 5.91. The SMILES string of the molecule is CC(C)c1ccc(N2C3c4ccccc4N(C)C2c2ccccc2N3C)cc1. The molecule has 3 aromatic rings. The Morgan fingerprint density at radius 3 is 1.57 bits per heavy atom. The van der Waals surface area contributed by atoms with Gasteiger partial charge in [-0.25, -0.2) is 0 Å². The van der Waals surface area contributed by atoms with Crippen molar-refractivity contribution in [2.75, 3.05) is 28.8 Å². The Hall–Kier alpha value is -2.94. The zero-order valence-electron chi connectivity index (χ0n) is 17.0. The van der Waals surface area contributed by atoms with E-state index in [1.807, 2.05) is 0 Å². The fraction of sp³-hybridized carbons (Fsp3) is 0.280. The van der Waals surface area contributed by atoms with E-state index in [2.05, 4.69) is 115 Å². The molecular formula is C25H27N3. The van der Waals surface area contributed by atoms with Gasteiger partial charge in [-0.2, -0.15) is 0 Å². The summed E-state index contributed by atoms with van der Waals surface area (Å²) in [6.45, 7) is 4.50. The first-order chi connectivity index (χ1) is 13.6. The summed E-state index contributed by atoms with van der Waals surface area (Å²) in [7, 11) is 4.44. The summed E-state index contributed by atoms with van der Waals surface area (Å²) < 4.78 is 0. The van der Waals surface area contributed by atoms with Crippen LogP contribution in [0.15, 0.2) is 72.8 Å². The van der Waals surface area contributed by atoms with E-state index in [9.17, 15) is 0 Å². The smallest absolute Gasteiger partial charge is 0.132 e. The minimum Gasteiger partial charge on any atom is -0.350 e. The summed E-state index contributed by atoms with van der Waals surface area (Å²) in [5.74, 6) is 0.543. The van der Waals surface area contributed by atoms with Crippen LogP contribution in [0.3, 0.4) is 0 Å². The van der Waals surface area contributed by atoms with Gasteiger partial charge < -0.3 is 14.7 Å². The fourth-order valence-electron chi connectivity index (χ4n) is 4.86. The van der Waals surface area contributed by atoms with E-state index in [4.69, 9.17) is 0 Å². The molecule has 0 N–H and O–H groups in total. The van der Waals surface area contributed by atoms with Gasteiger partial charge in [-0.05, 0) is 35.7 Å². The first-order valence-electron chi connectivity index (χ1n) is 10.1. The molecule has 3 nitrogen and oxygen atoms in total. The first kappa shape index (κ1) is 17.2. The Bertz CT molecular complexity index is 951. The van der Waals surface area contributed by atoms with Crippen molar-refractivity contribution in [2.24, 2.45) is 0 Å². The van der Waals surface area contributed by atoms with Crippen molar-refractivity contribution < 1.29 is 0 Å². The van der Waals surface area contributed by atoms with Gasteiger partial charge in [0.25, 0.3) is 0 Å². The molecule has 2 heterocycles. The maximum atomic E-state index is 2.56. The number of nitrogens with zero attached hydrogens (tertiary/aromatic N) is 3. The molecule has 5 rings (SSSR count). The Morgan fingerprint density at radius 2 is 1.11 bits per heavy atom. The number of hydrogen-bond donors (Lipinski definition) is 0. The van der Waals surface area contributed by atoms with Crippen molar-refractivity contribution in [3.8, 4) is 0 Å². The average molecular weight is 370 g/mol. The molecule has 0 spiro atoms. The molecule has 0 saturated carbocycles. The molecule has 2 aliphatic rings. The van der Waals surface area contributed by atoms with Gasteiger partial charge in [0, 0.05) is 42.3 Å². The minimum absolute atomic E-state index is 0.178. The van der Waals surface area contributed by atoms with Gasteiger partial charge in [-0.15, -0.1) is 0 Å². The van der Waals surface area contributed by atoms with Gasteiger partial charge in [0.05, 0.1) is 0 Å². The molecular weight excluding hydrogens is 342 g/mol. The molecule has 0 radical (unpaired) electrons. The zero-order chi connectivity index (χ0) is 19.4. The highest BCUT2D eigenvalue weighted by molar-refractivity contribution is 5.74. The minimum atomic E-state index is 0.178. The predicted molar refractivity (Wildman–Crippen MR) is 118 cm³/mol. The van der Waals surface area contributed by atoms with E-state index in [0.29, 0.717) is 5.92 Å². The van der Waals surface area contributed by atoms with Gasteiger partial charge in [0.15, 0.2) is 0 Å². The summed E-state index contributed by atoms with van der Waals surface area (Å²) in [4.78, 5) is 7.41. The lowest BCUT2D eigenvalue weighted by Crippen LogP contribution is -2.55. The normalized spacial score (nSPS) is 20.2. The molecule has 3 aromatic carbocycles. The van der Waals surface area contributed by atoms with Crippen LogP contribution in [0.5, 0.6) is 0 Å². The Kier molecular flexibility index (Phi) is 3.87. The van der Waals surface area contributed by atoms with Gasteiger partial charge in [0.2, 0.25) is 0 Å². The maximum absolute atomic E-state index is 2.56. The number of fused-ring (bicyclic) bond motifs is 6. The highest BCUT2D eigenvalue weighted by Crippen LogP contribution is 2.53. The standard InChI is InChI=1S/C25H27N3/c1-17(2)18-13-15-19(16-14-18)28-24-21-10-6-8-12-23(21)27(4)25(28)20-9-5-7-11-22(20)26(24)3/h5-17,24-25H,1-4H3. The molecule has 2 atom stereocenters. The van der Waals surface area contributed by atoms with Gasteiger partial charge in [0.1, 0.15) is 12.3 Å². The quantitative estimate of drug-likeness (QED) is 0.556. The summed E-state index contributed by atoms with van der Waals surface area (Å²) in [6.07, 6.45) is 0.356. The molecule has 0 fully saturated rings. The van der Waals surface area contributed by atoms with Crippen molar-refractivity contribution >= 4 is 17.1 Å². The summed E-state index contributed by atoms with van der Waals surface area (Å²) >= 11 is 0. The third-order valence-electron chi connectivity index (χ3n) is 6.31. The van der Waals surface area contributed by atoms with Crippen LogP contribution >= 0.6 is 0 Å². The van der Waals surface area contributed by atoms with E-state index in [1.54, 1.807) is 0 Å². The molecule has 0 aliphatic carbocycles. The highest BCUT2D eigenvalue weighted by Gasteiger charge is 2.45. The van der Waals surface area contributed by atoms with E-state index in [0.717, 1.165) is 0 Å². The lowest BCUT2D eigenvalue weighted by Gasteiger charge is -2.57. The molecule has 28 heavy (non-hydrogen) atoms. The monoisotopic (exact) mass is 369 g/mol. The Labute approximate surface area is 167 Å². The van der Waals surface area contributed by atoms with Crippen molar-refractivity contribution in [3.05, 3.63) is 89.5 Å². The summed E-state index contributed by atoms with van der Waals surface area (Å²) in [6, 6.07) is 26.8. The molecule has 2 aliphatic heterocycles. The summed E-state index contributed by atoms with van der Waals surface area (Å²) in [5.41, 5.74) is 7.98. The number of anilines is 3. The Morgan fingerprint density at radius 1 is 0.643 bits per heavy atom. The molecule has 0 aromatic heterocycles. The second kappa shape index (κ2) is 6.30. The van der Waals surface area contributed by atoms with Crippen LogP contribution in [-0.2, 0) is 0 Å². The molecule has 142 valence electrons. The summed E-state index contributed by atoms with van der Waals surface area (Å²) in [5, 5.41) is 0. The second-order valence-corrected chi connectivity index (χ2v) is 8.24. The van der Waals surface area contributed by atoms with E-state index >= 15 is 0 Å². The number of rotatable bonds is 2. The lowest BCUT2D eigenvalue weighted by molar-refractivity contribution is 0.464. The van der Waals surface area contributed by atoms with Crippen LogP contribution in [0.25, 0.3) is 0 Å². The molecule has 0 amide bonds. The van der Waals surface area contributed by atoms with Crippen LogP contribution in [0, 0.1) is 0 Å². The van der Waals surface area contributed by atoms with Crippen LogP contribution in [0.1, 0.15) is 48.8 Å². The van der Waals surface area contributed by atoms with Gasteiger partial charge in [-0.3, -0.25) is 0 Å². The largest absolute Gasteiger partial charge is 0.350 e. The fourth-order valence-corrected chi connectivity index (χ4v) is 4.86.